The number of fused-ring (bicyclic) bond motifs is 2. The van der Waals surface area contributed by atoms with Gasteiger partial charge in [-0.25, -0.2) is 19.0 Å². The van der Waals surface area contributed by atoms with Gasteiger partial charge in [0.1, 0.15) is 10.8 Å². The van der Waals surface area contributed by atoms with Crippen molar-refractivity contribution in [3.8, 4) is 0 Å². The molecule has 0 bridgehead atoms. The van der Waals surface area contributed by atoms with Crippen molar-refractivity contribution in [2.45, 2.75) is 37.0 Å². The largest absolute Gasteiger partial charge is 0.478 e. The Morgan fingerprint density at radius 3 is 2.54 bits per heavy atom. The molecule has 0 spiro atoms. The number of benzene rings is 1. The van der Waals surface area contributed by atoms with Crippen LogP contribution in [0.5, 0.6) is 0 Å². The highest BCUT2D eigenvalue weighted by Crippen LogP contribution is 2.28. The van der Waals surface area contributed by atoms with E-state index in [0.29, 0.717) is 48.1 Å². The van der Waals surface area contributed by atoms with Gasteiger partial charge in [0.2, 0.25) is 5.91 Å². The van der Waals surface area contributed by atoms with E-state index in [1.165, 1.54) is 30.1 Å². The molecule has 3 aromatic rings. The number of halogens is 1. The number of piperidine rings is 1. The number of thioether (sulfide) groups is 1. The second-order valence-corrected chi connectivity index (χ2v) is 10.2. The van der Waals surface area contributed by atoms with Gasteiger partial charge in [-0.1, -0.05) is 11.8 Å². The summed E-state index contributed by atoms with van der Waals surface area (Å²) in [4.78, 5) is 49.4. The van der Waals surface area contributed by atoms with E-state index in [1.807, 2.05) is 6.07 Å². The van der Waals surface area contributed by atoms with Crippen molar-refractivity contribution in [3.05, 3.63) is 64.5 Å². The normalized spacial score (nSPS) is 15.7. The predicted molar refractivity (Wildman–Crippen MR) is 148 cm³/mol. The summed E-state index contributed by atoms with van der Waals surface area (Å²) in [5.74, 6) is -2.53. The van der Waals surface area contributed by atoms with Crippen LogP contribution < -0.4 is 16.2 Å². The van der Waals surface area contributed by atoms with Crippen LogP contribution >= 0.6 is 11.8 Å². The Morgan fingerprint density at radius 2 is 1.83 bits per heavy atom. The van der Waals surface area contributed by atoms with Crippen LogP contribution in [0.25, 0.3) is 11.0 Å². The molecule has 41 heavy (non-hydrogen) atoms. The van der Waals surface area contributed by atoms with Gasteiger partial charge < -0.3 is 30.3 Å². The van der Waals surface area contributed by atoms with Crippen molar-refractivity contribution >= 4 is 46.3 Å². The van der Waals surface area contributed by atoms with E-state index in [2.05, 4.69) is 30.7 Å². The molecule has 1 aromatic carbocycles. The minimum Gasteiger partial charge on any atom is -0.478 e. The average Bonchev–Trinajstić information content (AvgIpc) is 2.95. The molecule has 5 rings (SSSR count). The maximum Gasteiger partial charge on any atom is 0.328 e. The Hall–Kier alpha value is -4.21. The molecule has 0 atom stereocenters. The fourth-order valence-electron chi connectivity index (χ4n) is 4.38. The van der Waals surface area contributed by atoms with Crippen LogP contribution in [0.1, 0.15) is 18.5 Å². The molecular weight excluding hydrogens is 557 g/mol. The van der Waals surface area contributed by atoms with Gasteiger partial charge in [0.25, 0.3) is 5.56 Å². The van der Waals surface area contributed by atoms with Gasteiger partial charge in [-0.05, 0) is 50.2 Å². The molecule has 2 aliphatic heterocycles. The second kappa shape index (κ2) is 13.9. The SMILES string of the molecule is O=C(O)C=CC(=O)O.O=C1CSc2nnc(CNC3CCN(CCn4c(=O)cnc5ccc(F)cc54)CC3)cc2N1. The number of carboxylic acids is 2. The van der Waals surface area contributed by atoms with Gasteiger partial charge in [-0.15, -0.1) is 5.10 Å². The lowest BCUT2D eigenvalue weighted by atomic mass is 10.0. The zero-order valence-corrected chi connectivity index (χ0v) is 22.6. The van der Waals surface area contributed by atoms with Gasteiger partial charge >= 0.3 is 11.9 Å². The minimum atomic E-state index is -1.26. The van der Waals surface area contributed by atoms with Gasteiger partial charge in [-0.3, -0.25) is 9.59 Å². The topological polar surface area (TPSA) is 180 Å². The molecule has 0 radical (unpaired) electrons. The van der Waals surface area contributed by atoms with Crippen molar-refractivity contribution in [1.82, 2.24) is 30.0 Å². The first-order chi connectivity index (χ1) is 19.7. The molecule has 4 heterocycles. The molecule has 0 saturated carbocycles. The minimum absolute atomic E-state index is 0.0149. The number of rotatable bonds is 8. The number of hydrogen-bond acceptors (Lipinski definition) is 10. The van der Waals surface area contributed by atoms with Crippen LogP contribution in [0.4, 0.5) is 10.1 Å². The van der Waals surface area contributed by atoms with E-state index < -0.39 is 11.9 Å². The lowest BCUT2D eigenvalue weighted by Crippen LogP contribution is -2.43. The molecule has 13 nitrogen and oxygen atoms in total. The number of likely N-dealkylation sites (tertiary alicyclic amines) is 1. The van der Waals surface area contributed by atoms with Gasteiger partial charge in [0, 0.05) is 37.8 Å². The summed E-state index contributed by atoms with van der Waals surface area (Å²) in [6, 6.07) is 6.56. The van der Waals surface area contributed by atoms with E-state index in [4.69, 9.17) is 10.2 Å². The Bertz CT molecular complexity index is 1510. The summed E-state index contributed by atoms with van der Waals surface area (Å²) in [6.45, 7) is 3.62. The summed E-state index contributed by atoms with van der Waals surface area (Å²) in [5.41, 5.74) is 2.46. The van der Waals surface area contributed by atoms with Crippen LogP contribution in [0.2, 0.25) is 0 Å². The number of carbonyl (C=O) groups is 3. The standard InChI is InChI=1S/C22H24FN7O2S.C4H4O4/c23-14-1-2-17-19(9-14)30(21(32)12-25-17)8-7-29-5-3-15(4-6-29)24-11-16-10-18-22(28-27-16)33-13-20(31)26-18;5-3(6)1-2-4(7)8/h1-2,9-10,12,15,24H,3-8,11,13H2,(H,26,31);1-2H,(H,5,6)(H,7,8). The van der Waals surface area contributed by atoms with Gasteiger partial charge in [0.15, 0.2) is 0 Å². The number of aliphatic carboxylic acids is 2. The summed E-state index contributed by atoms with van der Waals surface area (Å²) in [7, 11) is 0. The molecule has 4 N–H and O–H groups in total. The number of carboxylic acid groups (broad SMARTS) is 2. The maximum absolute atomic E-state index is 13.7. The highest BCUT2D eigenvalue weighted by molar-refractivity contribution is 8.00. The Kier molecular flexibility index (Phi) is 10.1. The predicted octanol–water partition coefficient (Wildman–Crippen LogP) is 1.34. The summed E-state index contributed by atoms with van der Waals surface area (Å²) in [6.07, 6.45) is 4.37. The zero-order valence-electron chi connectivity index (χ0n) is 21.8. The zero-order chi connectivity index (χ0) is 29.4. The molecule has 0 unspecified atom stereocenters. The smallest absolute Gasteiger partial charge is 0.328 e. The highest BCUT2D eigenvalue weighted by atomic mass is 32.2. The molecule has 1 saturated heterocycles. The average molecular weight is 586 g/mol. The van der Waals surface area contributed by atoms with E-state index >= 15 is 0 Å². The third kappa shape index (κ3) is 8.64. The number of nitrogens with zero attached hydrogens (tertiary/aromatic N) is 5. The number of anilines is 1. The lowest BCUT2D eigenvalue weighted by Gasteiger charge is -2.32. The first-order valence-corrected chi connectivity index (χ1v) is 13.7. The van der Waals surface area contributed by atoms with E-state index in [9.17, 15) is 23.6 Å². The fraction of sp³-hybridized carbons (Fsp3) is 0.346. The molecule has 0 aliphatic carbocycles. The molecule has 15 heteroatoms. The van der Waals surface area contributed by atoms with E-state index in [1.54, 1.807) is 10.6 Å². The molecule has 1 fully saturated rings. The second-order valence-electron chi connectivity index (χ2n) is 9.28. The third-order valence-electron chi connectivity index (χ3n) is 6.40. The summed E-state index contributed by atoms with van der Waals surface area (Å²) < 4.78 is 15.3. The number of carbonyl (C=O) groups excluding carboxylic acids is 1. The summed E-state index contributed by atoms with van der Waals surface area (Å²) in [5, 5.41) is 31.2. The van der Waals surface area contributed by atoms with Gasteiger partial charge in [-0.2, -0.15) is 5.10 Å². The first-order valence-electron chi connectivity index (χ1n) is 12.7. The van der Waals surface area contributed by atoms with E-state index in [-0.39, 0.29) is 17.3 Å². The van der Waals surface area contributed by atoms with Crippen LogP contribution in [0.15, 0.2) is 52.4 Å². The number of hydrogen-bond donors (Lipinski definition) is 4. The maximum atomic E-state index is 13.7. The van der Waals surface area contributed by atoms with Crippen molar-refractivity contribution in [2.24, 2.45) is 0 Å². The molecule has 216 valence electrons. The Morgan fingerprint density at radius 1 is 1.10 bits per heavy atom. The molecule has 1 amide bonds. The van der Waals surface area contributed by atoms with E-state index in [0.717, 1.165) is 48.9 Å². The number of amides is 1. The highest BCUT2D eigenvalue weighted by Gasteiger charge is 2.21. The van der Waals surface area contributed by atoms with Crippen LogP contribution in [0.3, 0.4) is 0 Å². The van der Waals surface area contributed by atoms with Crippen molar-refractivity contribution < 1.29 is 29.0 Å². The molecular formula is C26H28FN7O6S. The Balaban J connectivity index is 0.000000426. The molecule has 2 aromatic heterocycles. The van der Waals surface area contributed by atoms with Crippen molar-refractivity contribution in [2.75, 3.05) is 30.7 Å². The quantitative estimate of drug-likeness (QED) is 0.279. The lowest BCUT2D eigenvalue weighted by molar-refractivity contribution is -0.134. The number of nitrogens with one attached hydrogen (secondary N) is 2. The third-order valence-corrected chi connectivity index (χ3v) is 7.38. The summed E-state index contributed by atoms with van der Waals surface area (Å²) >= 11 is 1.40. The first kappa shape index (κ1) is 29.8. The Labute approximate surface area is 237 Å². The van der Waals surface area contributed by atoms with Gasteiger partial charge in [0.05, 0.1) is 34.4 Å². The van der Waals surface area contributed by atoms with Crippen LogP contribution in [-0.4, -0.2) is 84.1 Å². The van der Waals surface area contributed by atoms with Crippen LogP contribution in [-0.2, 0) is 27.5 Å². The fourth-order valence-corrected chi connectivity index (χ4v) is 5.09. The monoisotopic (exact) mass is 585 g/mol. The van der Waals surface area contributed by atoms with Crippen molar-refractivity contribution in [3.63, 3.8) is 0 Å². The van der Waals surface area contributed by atoms with Crippen LogP contribution in [0, 0.1) is 5.82 Å². The number of aromatic nitrogens is 4. The van der Waals surface area contributed by atoms with Crippen molar-refractivity contribution in [1.29, 1.82) is 0 Å². The molecule has 2 aliphatic rings.